The molecule has 3 aliphatic heterocycles. The van der Waals surface area contributed by atoms with Gasteiger partial charge in [0.15, 0.2) is 0 Å². The summed E-state index contributed by atoms with van der Waals surface area (Å²) in [7, 11) is 0. The minimum Gasteiger partial charge on any atom is -0.378 e. The smallest absolute Gasteiger partial charge is 0.251 e. The Morgan fingerprint density at radius 2 is 2.17 bits per heavy atom. The van der Waals surface area contributed by atoms with Gasteiger partial charge in [-0.2, -0.15) is 11.3 Å². The summed E-state index contributed by atoms with van der Waals surface area (Å²) >= 11 is 1.75. The molecule has 0 unspecified atom stereocenters. The molecule has 3 aliphatic rings. The zero-order chi connectivity index (χ0) is 15.6. The molecule has 1 amide bonds. The van der Waals surface area contributed by atoms with Gasteiger partial charge in [0.05, 0.1) is 19.3 Å². The highest BCUT2D eigenvalue weighted by Gasteiger charge is 2.43. The first-order chi connectivity index (χ1) is 11.3. The highest BCUT2D eigenvalue weighted by molar-refractivity contribution is 7.07. The first kappa shape index (κ1) is 15.6. The maximum Gasteiger partial charge on any atom is 0.251 e. The van der Waals surface area contributed by atoms with Gasteiger partial charge in [0.2, 0.25) is 0 Å². The van der Waals surface area contributed by atoms with Crippen molar-refractivity contribution in [1.82, 2.24) is 9.80 Å². The van der Waals surface area contributed by atoms with Crippen LogP contribution in [-0.4, -0.2) is 67.3 Å². The number of likely N-dealkylation sites (tertiary alicyclic amines) is 1. The average molecular weight is 336 g/mol. The van der Waals surface area contributed by atoms with Crippen LogP contribution in [0, 0.1) is 5.92 Å². The summed E-state index contributed by atoms with van der Waals surface area (Å²) in [5.74, 6) is 0.718. The number of hydrogen-bond acceptors (Lipinski definition) is 5. The number of morpholine rings is 1. The van der Waals surface area contributed by atoms with E-state index in [9.17, 15) is 4.79 Å². The van der Waals surface area contributed by atoms with E-state index in [1.54, 1.807) is 11.3 Å². The summed E-state index contributed by atoms with van der Waals surface area (Å²) in [5.41, 5.74) is 1.38. The van der Waals surface area contributed by atoms with Crippen LogP contribution >= 0.6 is 11.3 Å². The lowest BCUT2D eigenvalue weighted by molar-refractivity contribution is -0.147. The van der Waals surface area contributed by atoms with Crippen LogP contribution in [0.3, 0.4) is 0 Å². The third kappa shape index (κ3) is 3.45. The molecule has 0 N–H and O–H groups in total. The number of fused-ring (bicyclic) bond motifs is 1. The number of carbonyl (C=O) groups excluding carboxylic acids is 1. The largest absolute Gasteiger partial charge is 0.378 e. The molecule has 0 aromatic carbocycles. The second-order valence-corrected chi connectivity index (χ2v) is 7.53. The summed E-state index contributed by atoms with van der Waals surface area (Å²) in [5, 5.41) is 4.34. The molecule has 1 aromatic rings. The van der Waals surface area contributed by atoms with E-state index in [1.807, 2.05) is 4.90 Å². The molecule has 126 valence electrons. The van der Waals surface area contributed by atoms with Crippen molar-refractivity contribution >= 4 is 17.2 Å². The van der Waals surface area contributed by atoms with E-state index in [0.29, 0.717) is 32.2 Å². The van der Waals surface area contributed by atoms with E-state index >= 15 is 0 Å². The zero-order valence-electron chi connectivity index (χ0n) is 13.4. The van der Waals surface area contributed by atoms with Crippen molar-refractivity contribution in [2.45, 2.75) is 31.6 Å². The lowest BCUT2D eigenvalue weighted by atomic mass is 9.91. The molecule has 0 aliphatic carbocycles. The van der Waals surface area contributed by atoms with E-state index in [2.05, 4.69) is 21.7 Å². The summed E-state index contributed by atoms with van der Waals surface area (Å²) in [6.07, 6.45) is 2.02. The van der Waals surface area contributed by atoms with E-state index in [4.69, 9.17) is 9.47 Å². The maximum absolute atomic E-state index is 12.6. The fraction of sp³-hybridized carbons (Fsp3) is 0.706. The van der Waals surface area contributed by atoms with E-state index in [0.717, 1.165) is 32.5 Å². The van der Waals surface area contributed by atoms with Crippen molar-refractivity contribution in [2.24, 2.45) is 5.92 Å². The minimum absolute atomic E-state index is 0.173. The Labute approximate surface area is 141 Å². The van der Waals surface area contributed by atoms with Gasteiger partial charge in [0.1, 0.15) is 6.10 Å². The molecule has 3 saturated heterocycles. The molecule has 0 radical (unpaired) electrons. The Morgan fingerprint density at radius 3 is 2.96 bits per heavy atom. The Kier molecular flexibility index (Phi) is 4.66. The molecule has 3 atom stereocenters. The summed E-state index contributed by atoms with van der Waals surface area (Å²) in [6.45, 7) is 5.78. The number of amides is 1. The van der Waals surface area contributed by atoms with Crippen LogP contribution in [0.15, 0.2) is 16.8 Å². The average Bonchev–Trinajstić information content (AvgIpc) is 3.24. The molecular weight excluding hydrogens is 312 g/mol. The van der Waals surface area contributed by atoms with E-state index < -0.39 is 0 Å². The van der Waals surface area contributed by atoms with Gasteiger partial charge >= 0.3 is 0 Å². The third-order valence-corrected chi connectivity index (χ3v) is 5.95. The second-order valence-electron chi connectivity index (χ2n) is 6.75. The van der Waals surface area contributed by atoms with E-state index in [-0.39, 0.29) is 18.1 Å². The number of ether oxygens (including phenoxy) is 2. The highest BCUT2D eigenvalue weighted by atomic mass is 32.1. The van der Waals surface area contributed by atoms with Gasteiger partial charge in [-0.25, -0.2) is 0 Å². The van der Waals surface area contributed by atoms with Gasteiger partial charge in [-0.05, 0) is 47.7 Å². The van der Waals surface area contributed by atoms with Crippen molar-refractivity contribution in [1.29, 1.82) is 0 Å². The maximum atomic E-state index is 12.6. The molecular formula is C17H24N2O3S. The van der Waals surface area contributed by atoms with Crippen molar-refractivity contribution in [3.8, 4) is 0 Å². The lowest BCUT2D eigenvalue weighted by Crippen LogP contribution is -2.46. The highest BCUT2D eigenvalue weighted by Crippen LogP contribution is 2.34. The summed E-state index contributed by atoms with van der Waals surface area (Å²) in [4.78, 5) is 17.0. The Balaban J connectivity index is 1.33. The fourth-order valence-corrected chi connectivity index (χ4v) is 4.59. The van der Waals surface area contributed by atoms with Crippen LogP contribution < -0.4 is 0 Å². The molecule has 4 rings (SSSR count). The quantitative estimate of drug-likeness (QED) is 0.841. The van der Waals surface area contributed by atoms with Gasteiger partial charge in [-0.15, -0.1) is 0 Å². The van der Waals surface area contributed by atoms with E-state index in [1.165, 1.54) is 5.56 Å². The molecule has 0 bridgehead atoms. The van der Waals surface area contributed by atoms with Crippen LogP contribution in [0.2, 0.25) is 0 Å². The predicted molar refractivity (Wildman–Crippen MR) is 88.4 cm³/mol. The second kappa shape index (κ2) is 6.89. The van der Waals surface area contributed by atoms with Gasteiger partial charge in [0.25, 0.3) is 5.91 Å². The summed E-state index contributed by atoms with van der Waals surface area (Å²) < 4.78 is 11.5. The summed E-state index contributed by atoms with van der Waals surface area (Å²) in [6, 6.07) is 2.19. The SMILES string of the molecule is O=C([C@@H]1C[C@H]2CCN(Cc3ccsc3)C[C@H]2O1)N1CCOCC1. The standard InChI is InChI=1S/C17H24N2O3S/c20-17(19-4-6-21-7-5-19)15-9-14-1-3-18(11-16(14)22-15)10-13-2-8-23-12-13/h2,8,12,14-16H,1,3-7,9-11H2/t14-,15+,16-/m1/s1. The number of nitrogens with zero attached hydrogens (tertiary/aromatic N) is 2. The number of thiophene rings is 1. The monoisotopic (exact) mass is 336 g/mol. The normalized spacial score (nSPS) is 32.0. The molecule has 6 heteroatoms. The Bertz CT molecular complexity index is 530. The number of rotatable bonds is 3. The molecule has 4 heterocycles. The van der Waals surface area contributed by atoms with Crippen LogP contribution in [0.5, 0.6) is 0 Å². The molecule has 23 heavy (non-hydrogen) atoms. The number of carbonyl (C=O) groups is 1. The molecule has 1 aromatic heterocycles. The van der Waals surface area contributed by atoms with Gasteiger partial charge in [0, 0.05) is 26.2 Å². The van der Waals surface area contributed by atoms with Crippen molar-refractivity contribution < 1.29 is 14.3 Å². The van der Waals surface area contributed by atoms with Crippen molar-refractivity contribution in [3.05, 3.63) is 22.4 Å². The third-order valence-electron chi connectivity index (χ3n) is 5.22. The lowest BCUT2D eigenvalue weighted by Gasteiger charge is -2.33. The first-order valence-corrected chi connectivity index (χ1v) is 9.49. The number of hydrogen-bond donors (Lipinski definition) is 0. The molecule has 5 nitrogen and oxygen atoms in total. The Hall–Kier alpha value is -0.950. The number of piperidine rings is 1. The minimum atomic E-state index is -0.232. The van der Waals surface area contributed by atoms with Crippen molar-refractivity contribution in [2.75, 3.05) is 39.4 Å². The fourth-order valence-electron chi connectivity index (χ4n) is 3.93. The van der Waals surface area contributed by atoms with Crippen LogP contribution in [0.4, 0.5) is 0 Å². The molecule has 0 spiro atoms. The molecule has 3 fully saturated rings. The topological polar surface area (TPSA) is 42.0 Å². The first-order valence-electron chi connectivity index (χ1n) is 8.55. The van der Waals surface area contributed by atoms with Gasteiger partial charge in [-0.1, -0.05) is 0 Å². The molecule has 0 saturated carbocycles. The van der Waals surface area contributed by atoms with Crippen LogP contribution in [-0.2, 0) is 20.8 Å². The zero-order valence-corrected chi connectivity index (χ0v) is 14.2. The van der Waals surface area contributed by atoms with Gasteiger partial charge < -0.3 is 14.4 Å². The van der Waals surface area contributed by atoms with Crippen LogP contribution in [0.1, 0.15) is 18.4 Å². The predicted octanol–water partition coefficient (Wildman–Crippen LogP) is 1.59. The van der Waals surface area contributed by atoms with Crippen LogP contribution in [0.25, 0.3) is 0 Å². The Morgan fingerprint density at radius 1 is 1.30 bits per heavy atom. The van der Waals surface area contributed by atoms with Gasteiger partial charge in [-0.3, -0.25) is 9.69 Å². The van der Waals surface area contributed by atoms with Crippen molar-refractivity contribution in [3.63, 3.8) is 0 Å².